The van der Waals surface area contributed by atoms with Crippen LogP contribution in [0.3, 0.4) is 0 Å². The Balaban J connectivity index is 2.28. The van der Waals surface area contributed by atoms with E-state index in [9.17, 15) is 18.6 Å². The minimum absolute atomic E-state index is 0.0730. The maximum absolute atomic E-state index is 13.3. The highest BCUT2D eigenvalue weighted by Crippen LogP contribution is 2.49. The van der Waals surface area contributed by atoms with Crippen molar-refractivity contribution in [1.29, 1.82) is 0 Å². The minimum Gasteiger partial charge on any atom is -0.508 e. The van der Waals surface area contributed by atoms with E-state index in [0.717, 1.165) is 18.4 Å². The molecule has 1 aliphatic heterocycles. The summed E-state index contributed by atoms with van der Waals surface area (Å²) in [5.41, 5.74) is 0.742. The van der Waals surface area contributed by atoms with E-state index in [0.29, 0.717) is 18.4 Å². The van der Waals surface area contributed by atoms with Gasteiger partial charge in [-0.2, -0.15) is 0 Å². The number of phenols is 1. The monoisotopic (exact) mass is 388 g/mol. The maximum Gasteiger partial charge on any atom is 0.179 e. The Morgan fingerprint density at radius 2 is 1.81 bits per heavy atom. The molecule has 2 N–H and O–H groups in total. The summed E-state index contributed by atoms with van der Waals surface area (Å²) < 4.78 is 26.6. The number of phenolic OH excluding ortho intramolecular Hbond substituents is 1. The standard InChI is InChI=1S/C22H28O4S/c1-3-5-13-22(4-2)15-27(25,26)19-14-17(23)11-12-18(19)20(21(22)24)16-9-7-6-8-10-16/h6-12,14,20-21,23-24H,3-5,13,15H2,1-2H3/t20-,21?,22-/m1/s1. The summed E-state index contributed by atoms with van der Waals surface area (Å²) >= 11 is 0. The molecule has 5 heteroatoms. The molecule has 146 valence electrons. The number of aliphatic hydroxyl groups is 1. The Kier molecular flexibility index (Phi) is 5.63. The van der Waals surface area contributed by atoms with Crippen LogP contribution in [0.25, 0.3) is 0 Å². The Hall–Kier alpha value is -1.85. The first kappa shape index (κ1) is 19.9. The number of hydrogen-bond donors (Lipinski definition) is 2. The van der Waals surface area contributed by atoms with Crippen LogP contribution in [0.15, 0.2) is 53.4 Å². The molecule has 0 saturated carbocycles. The van der Waals surface area contributed by atoms with Crippen LogP contribution >= 0.6 is 0 Å². The molecule has 0 saturated heterocycles. The van der Waals surface area contributed by atoms with Crippen LogP contribution in [0.4, 0.5) is 0 Å². The molecule has 1 heterocycles. The van der Waals surface area contributed by atoms with Crippen molar-refractivity contribution in [3.8, 4) is 5.75 Å². The average Bonchev–Trinajstić information content (AvgIpc) is 2.73. The Morgan fingerprint density at radius 1 is 1.11 bits per heavy atom. The molecular formula is C22H28O4S. The van der Waals surface area contributed by atoms with Gasteiger partial charge in [0.2, 0.25) is 0 Å². The van der Waals surface area contributed by atoms with Crippen LogP contribution in [-0.2, 0) is 9.84 Å². The second-order valence-corrected chi connectivity index (χ2v) is 9.59. The van der Waals surface area contributed by atoms with Crippen LogP contribution in [0.1, 0.15) is 56.6 Å². The highest BCUT2D eigenvalue weighted by Gasteiger charge is 2.48. The summed E-state index contributed by atoms with van der Waals surface area (Å²) in [6, 6.07) is 14.1. The van der Waals surface area contributed by atoms with Crippen LogP contribution in [0.2, 0.25) is 0 Å². The highest BCUT2D eigenvalue weighted by atomic mass is 32.2. The van der Waals surface area contributed by atoms with Crippen molar-refractivity contribution in [3.63, 3.8) is 0 Å². The van der Waals surface area contributed by atoms with E-state index in [4.69, 9.17) is 0 Å². The van der Waals surface area contributed by atoms with E-state index >= 15 is 0 Å². The zero-order valence-electron chi connectivity index (χ0n) is 15.9. The van der Waals surface area contributed by atoms with Crippen molar-refractivity contribution < 1.29 is 18.6 Å². The van der Waals surface area contributed by atoms with Crippen molar-refractivity contribution >= 4 is 9.84 Å². The fourth-order valence-corrected chi connectivity index (χ4v) is 6.66. The molecule has 0 aliphatic carbocycles. The quantitative estimate of drug-likeness (QED) is 0.803. The van der Waals surface area contributed by atoms with Gasteiger partial charge in [-0.1, -0.05) is 63.1 Å². The lowest BCUT2D eigenvalue weighted by atomic mass is 9.69. The predicted octanol–water partition coefficient (Wildman–Crippen LogP) is 4.26. The number of benzene rings is 2. The molecule has 0 radical (unpaired) electrons. The van der Waals surface area contributed by atoms with Gasteiger partial charge in [-0.25, -0.2) is 8.42 Å². The molecule has 2 aromatic rings. The molecule has 3 rings (SSSR count). The molecule has 0 bridgehead atoms. The van der Waals surface area contributed by atoms with Crippen molar-refractivity contribution in [1.82, 2.24) is 0 Å². The number of aliphatic hydroxyl groups excluding tert-OH is 1. The molecule has 0 amide bonds. The number of sulfone groups is 1. The first-order valence-electron chi connectivity index (χ1n) is 9.63. The second kappa shape index (κ2) is 7.64. The lowest BCUT2D eigenvalue weighted by molar-refractivity contribution is 0.0174. The topological polar surface area (TPSA) is 74.6 Å². The van der Waals surface area contributed by atoms with Gasteiger partial charge >= 0.3 is 0 Å². The molecule has 0 fully saturated rings. The summed E-state index contributed by atoms with van der Waals surface area (Å²) in [6.45, 7) is 4.03. The average molecular weight is 389 g/mol. The summed E-state index contributed by atoms with van der Waals surface area (Å²) in [5.74, 6) is -0.621. The van der Waals surface area contributed by atoms with E-state index in [1.807, 2.05) is 37.3 Å². The van der Waals surface area contributed by atoms with Gasteiger partial charge < -0.3 is 10.2 Å². The van der Waals surface area contributed by atoms with Gasteiger partial charge in [0.25, 0.3) is 0 Å². The van der Waals surface area contributed by atoms with Crippen LogP contribution < -0.4 is 0 Å². The van der Waals surface area contributed by atoms with Crippen molar-refractivity contribution in [2.24, 2.45) is 5.41 Å². The summed E-state index contributed by atoms with van der Waals surface area (Å²) in [6.07, 6.45) is 2.22. The van der Waals surface area contributed by atoms with Crippen LogP contribution in [0, 0.1) is 5.41 Å². The normalized spacial score (nSPS) is 26.9. The summed E-state index contributed by atoms with van der Waals surface area (Å²) in [5, 5.41) is 21.5. The fourth-order valence-electron chi connectivity index (χ4n) is 4.37. The Bertz CT molecular complexity index is 892. The lowest BCUT2D eigenvalue weighted by Gasteiger charge is -2.39. The number of fused-ring (bicyclic) bond motifs is 1. The third-order valence-electron chi connectivity index (χ3n) is 5.98. The first-order chi connectivity index (χ1) is 12.8. The molecule has 2 aromatic carbocycles. The smallest absolute Gasteiger partial charge is 0.179 e. The molecule has 1 aliphatic rings. The molecule has 4 nitrogen and oxygen atoms in total. The highest BCUT2D eigenvalue weighted by molar-refractivity contribution is 7.91. The number of hydrogen-bond acceptors (Lipinski definition) is 4. The predicted molar refractivity (Wildman–Crippen MR) is 107 cm³/mol. The Labute approximate surface area is 161 Å². The largest absolute Gasteiger partial charge is 0.508 e. The number of aromatic hydroxyl groups is 1. The molecule has 0 aromatic heterocycles. The first-order valence-corrected chi connectivity index (χ1v) is 11.3. The SMILES string of the molecule is CCCC[C@]1(CC)CS(=O)(=O)c2cc(O)ccc2[C@@H](c2ccccc2)C1O. The van der Waals surface area contributed by atoms with Crippen molar-refractivity contribution in [2.75, 3.05) is 5.75 Å². The van der Waals surface area contributed by atoms with E-state index in [2.05, 4.69) is 6.92 Å². The van der Waals surface area contributed by atoms with Gasteiger partial charge in [0.15, 0.2) is 9.84 Å². The van der Waals surface area contributed by atoms with Crippen molar-refractivity contribution in [2.45, 2.75) is 56.4 Å². The maximum atomic E-state index is 13.3. The summed E-state index contributed by atoms with van der Waals surface area (Å²) in [4.78, 5) is 0.141. The third kappa shape index (κ3) is 3.63. The van der Waals surface area contributed by atoms with Gasteiger partial charge in [-0.3, -0.25) is 0 Å². The zero-order chi connectivity index (χ0) is 19.7. The lowest BCUT2D eigenvalue weighted by Crippen LogP contribution is -2.42. The third-order valence-corrected chi connectivity index (χ3v) is 7.96. The van der Waals surface area contributed by atoms with Gasteiger partial charge in [-0.05, 0) is 36.1 Å². The van der Waals surface area contributed by atoms with Gasteiger partial charge in [0.1, 0.15) is 5.75 Å². The summed E-state index contributed by atoms with van der Waals surface area (Å²) in [7, 11) is -3.64. The van der Waals surface area contributed by atoms with Crippen molar-refractivity contribution in [3.05, 3.63) is 59.7 Å². The zero-order valence-corrected chi connectivity index (χ0v) is 16.7. The molecule has 1 unspecified atom stereocenters. The van der Waals surface area contributed by atoms with Gasteiger partial charge in [0.05, 0.1) is 16.8 Å². The van der Waals surface area contributed by atoms with E-state index in [-0.39, 0.29) is 16.4 Å². The Morgan fingerprint density at radius 3 is 2.44 bits per heavy atom. The van der Waals surface area contributed by atoms with E-state index in [1.54, 1.807) is 6.07 Å². The van der Waals surface area contributed by atoms with E-state index in [1.165, 1.54) is 12.1 Å². The second-order valence-electron chi connectivity index (χ2n) is 7.63. The van der Waals surface area contributed by atoms with Gasteiger partial charge in [0, 0.05) is 11.3 Å². The number of rotatable bonds is 5. The molecule has 0 spiro atoms. The van der Waals surface area contributed by atoms with Crippen LogP contribution in [0.5, 0.6) is 5.75 Å². The number of unbranched alkanes of at least 4 members (excludes halogenated alkanes) is 1. The van der Waals surface area contributed by atoms with Gasteiger partial charge in [-0.15, -0.1) is 0 Å². The minimum atomic E-state index is -3.64. The molecular weight excluding hydrogens is 360 g/mol. The molecule has 3 atom stereocenters. The fraction of sp³-hybridized carbons (Fsp3) is 0.455. The van der Waals surface area contributed by atoms with E-state index < -0.39 is 27.3 Å². The molecule has 27 heavy (non-hydrogen) atoms. The van der Waals surface area contributed by atoms with Crippen LogP contribution in [-0.4, -0.2) is 30.5 Å².